The third-order valence-electron chi connectivity index (χ3n) is 3.58. The third kappa shape index (κ3) is 4.37. The van der Waals surface area contributed by atoms with Crippen LogP contribution in [0.2, 0.25) is 0 Å². The molecular weight excluding hydrogens is 311 g/mol. The lowest BCUT2D eigenvalue weighted by molar-refractivity contribution is 0.114. The van der Waals surface area contributed by atoms with Crippen molar-refractivity contribution in [3.05, 3.63) is 24.1 Å². The zero-order valence-corrected chi connectivity index (χ0v) is 13.6. The van der Waals surface area contributed by atoms with Gasteiger partial charge in [-0.1, -0.05) is 0 Å². The molecule has 2 atom stereocenters. The average Bonchev–Trinajstić information content (AvgIpc) is 2.49. The van der Waals surface area contributed by atoms with E-state index in [-0.39, 0.29) is 24.3 Å². The molecule has 2 rings (SSSR count). The Morgan fingerprint density at radius 1 is 1.55 bits per heavy atom. The van der Waals surface area contributed by atoms with Crippen LogP contribution >= 0.6 is 0 Å². The molecule has 0 radical (unpaired) electrons. The quantitative estimate of drug-likeness (QED) is 0.788. The van der Waals surface area contributed by atoms with Gasteiger partial charge in [-0.2, -0.15) is 4.31 Å². The molecule has 22 heavy (non-hydrogen) atoms. The first-order chi connectivity index (χ1) is 10.4. The van der Waals surface area contributed by atoms with Crippen molar-refractivity contribution in [2.75, 3.05) is 26.0 Å². The Balaban J connectivity index is 2.01. The van der Waals surface area contributed by atoms with Crippen molar-refractivity contribution in [1.29, 1.82) is 0 Å². The van der Waals surface area contributed by atoms with Crippen molar-refractivity contribution in [2.45, 2.75) is 32.0 Å². The highest BCUT2D eigenvalue weighted by Gasteiger charge is 2.31. The second-order valence-corrected chi connectivity index (χ2v) is 7.37. The first kappa shape index (κ1) is 17.1. The number of sulfonamides is 1. The van der Waals surface area contributed by atoms with E-state index in [4.69, 9.17) is 9.47 Å². The van der Waals surface area contributed by atoms with E-state index in [0.29, 0.717) is 19.4 Å². The van der Waals surface area contributed by atoms with Crippen LogP contribution in [0.4, 0.5) is 4.39 Å². The van der Waals surface area contributed by atoms with Gasteiger partial charge in [-0.05, 0) is 31.9 Å². The van der Waals surface area contributed by atoms with Crippen LogP contribution in [-0.4, -0.2) is 55.9 Å². The fourth-order valence-corrected chi connectivity index (χ4v) is 4.08. The molecule has 1 saturated heterocycles. The Bertz CT molecular complexity index is 596. The lowest BCUT2D eigenvalue weighted by atomic mass is 10.1. The van der Waals surface area contributed by atoms with Crippen LogP contribution in [0.1, 0.15) is 19.8 Å². The van der Waals surface area contributed by atoms with Gasteiger partial charge in [0.1, 0.15) is 6.10 Å². The topological polar surface area (TPSA) is 68.7 Å². The van der Waals surface area contributed by atoms with Gasteiger partial charge in [0, 0.05) is 19.9 Å². The van der Waals surface area contributed by atoms with E-state index in [1.807, 2.05) is 0 Å². The molecule has 0 amide bonds. The van der Waals surface area contributed by atoms with E-state index >= 15 is 0 Å². The van der Waals surface area contributed by atoms with Crippen molar-refractivity contribution >= 4 is 10.0 Å². The highest BCUT2D eigenvalue weighted by molar-refractivity contribution is 7.89. The number of nitrogens with zero attached hydrogens (tertiary/aromatic N) is 2. The van der Waals surface area contributed by atoms with Gasteiger partial charge in [-0.25, -0.2) is 17.8 Å². The van der Waals surface area contributed by atoms with Crippen LogP contribution in [0.25, 0.3) is 0 Å². The molecule has 0 saturated carbocycles. The fraction of sp³-hybridized carbons (Fsp3) is 0.643. The van der Waals surface area contributed by atoms with E-state index in [1.54, 1.807) is 6.92 Å². The van der Waals surface area contributed by atoms with Crippen LogP contribution in [-0.2, 0) is 14.8 Å². The first-order valence-corrected chi connectivity index (χ1v) is 8.81. The molecule has 1 aromatic heterocycles. The first-order valence-electron chi connectivity index (χ1n) is 7.20. The molecule has 1 aromatic rings. The number of hydrogen-bond donors (Lipinski definition) is 0. The summed E-state index contributed by atoms with van der Waals surface area (Å²) in [4.78, 5) is 3.84. The number of methoxy groups -OCH3 is 1. The predicted molar refractivity (Wildman–Crippen MR) is 79.7 cm³/mol. The summed E-state index contributed by atoms with van der Waals surface area (Å²) in [6.07, 6.45) is 2.00. The van der Waals surface area contributed by atoms with Crippen LogP contribution in [0.3, 0.4) is 0 Å². The molecule has 0 bridgehead atoms. The zero-order valence-electron chi connectivity index (χ0n) is 12.7. The van der Waals surface area contributed by atoms with Crippen molar-refractivity contribution in [2.24, 2.45) is 0 Å². The summed E-state index contributed by atoms with van der Waals surface area (Å²) >= 11 is 0. The van der Waals surface area contributed by atoms with E-state index in [2.05, 4.69) is 4.98 Å². The maximum atomic E-state index is 13.6. The highest BCUT2D eigenvalue weighted by Crippen LogP contribution is 2.21. The molecular formula is C14H21FN2O4S. The zero-order chi connectivity index (χ0) is 16.2. The summed E-state index contributed by atoms with van der Waals surface area (Å²) in [6.45, 7) is 2.36. The number of pyridine rings is 1. The number of hydrogen-bond acceptors (Lipinski definition) is 5. The maximum Gasteiger partial charge on any atom is 0.250 e. The predicted octanol–water partition coefficient (Wildman–Crippen LogP) is 1.43. The molecule has 1 fully saturated rings. The molecule has 1 aliphatic heterocycles. The second-order valence-electron chi connectivity index (χ2n) is 5.36. The Morgan fingerprint density at radius 2 is 2.32 bits per heavy atom. The molecule has 0 aromatic carbocycles. The number of halogens is 1. The van der Waals surface area contributed by atoms with Crippen molar-refractivity contribution < 1.29 is 22.3 Å². The van der Waals surface area contributed by atoms with Gasteiger partial charge in [0.25, 0.3) is 5.88 Å². The number of piperidine rings is 1. The van der Waals surface area contributed by atoms with Crippen LogP contribution in [0.5, 0.6) is 5.88 Å². The van der Waals surface area contributed by atoms with Crippen LogP contribution in [0, 0.1) is 5.82 Å². The number of aromatic nitrogens is 1. The van der Waals surface area contributed by atoms with Crippen LogP contribution < -0.4 is 4.74 Å². The van der Waals surface area contributed by atoms with Crippen molar-refractivity contribution in [3.63, 3.8) is 0 Å². The SMILES string of the molecule is CO[C@H](C)CS(=O)(=O)N1CCC[C@H](Oc2ncccc2F)C1. The number of rotatable bonds is 6. The minimum absolute atomic E-state index is 0.0752. The Labute approximate surface area is 130 Å². The normalized spacial score (nSPS) is 21.5. The molecule has 0 aliphatic carbocycles. The maximum absolute atomic E-state index is 13.6. The molecule has 124 valence electrons. The van der Waals surface area contributed by atoms with Crippen molar-refractivity contribution in [3.8, 4) is 5.88 Å². The van der Waals surface area contributed by atoms with E-state index < -0.39 is 21.9 Å². The van der Waals surface area contributed by atoms with Gasteiger partial charge in [-0.3, -0.25) is 0 Å². The Hall–Kier alpha value is -1.25. The van der Waals surface area contributed by atoms with Gasteiger partial charge in [-0.15, -0.1) is 0 Å². The minimum Gasteiger partial charge on any atom is -0.471 e. The Kier molecular flexibility index (Phi) is 5.71. The lowest BCUT2D eigenvalue weighted by Gasteiger charge is -2.32. The molecule has 1 aliphatic rings. The third-order valence-corrected chi connectivity index (χ3v) is 5.59. The summed E-state index contributed by atoms with van der Waals surface area (Å²) in [7, 11) is -1.94. The van der Waals surface area contributed by atoms with Gasteiger partial charge < -0.3 is 9.47 Å². The monoisotopic (exact) mass is 332 g/mol. The molecule has 0 spiro atoms. The summed E-state index contributed by atoms with van der Waals surface area (Å²) in [5.41, 5.74) is 0. The fourth-order valence-electron chi connectivity index (χ4n) is 2.34. The molecule has 0 N–H and O–H groups in total. The van der Waals surface area contributed by atoms with Gasteiger partial charge in [0.05, 0.1) is 18.4 Å². The van der Waals surface area contributed by atoms with Gasteiger partial charge in [0.15, 0.2) is 5.82 Å². The molecule has 0 unspecified atom stereocenters. The van der Waals surface area contributed by atoms with Gasteiger partial charge in [0.2, 0.25) is 10.0 Å². The standard InChI is InChI=1S/C14H21FN2O4S/c1-11(20-2)10-22(18,19)17-8-4-5-12(9-17)21-14-13(15)6-3-7-16-14/h3,6-7,11-12H,4-5,8-10H2,1-2H3/t11-,12+/m1/s1. The van der Waals surface area contributed by atoms with Crippen molar-refractivity contribution in [1.82, 2.24) is 9.29 Å². The number of ether oxygens (including phenoxy) is 2. The molecule has 2 heterocycles. The van der Waals surface area contributed by atoms with E-state index in [1.165, 1.54) is 29.7 Å². The second kappa shape index (κ2) is 7.34. The summed E-state index contributed by atoms with van der Waals surface area (Å²) in [5.74, 6) is -0.707. The van der Waals surface area contributed by atoms with E-state index in [9.17, 15) is 12.8 Å². The molecule has 6 nitrogen and oxygen atoms in total. The smallest absolute Gasteiger partial charge is 0.250 e. The summed E-state index contributed by atoms with van der Waals surface area (Å²) < 4.78 is 50.1. The van der Waals surface area contributed by atoms with E-state index in [0.717, 1.165) is 0 Å². The van der Waals surface area contributed by atoms with Gasteiger partial charge >= 0.3 is 0 Å². The van der Waals surface area contributed by atoms with Crippen LogP contribution in [0.15, 0.2) is 18.3 Å². The molecule has 8 heteroatoms. The highest BCUT2D eigenvalue weighted by atomic mass is 32.2. The average molecular weight is 332 g/mol. The summed E-state index contributed by atoms with van der Waals surface area (Å²) in [5, 5.41) is 0. The summed E-state index contributed by atoms with van der Waals surface area (Å²) in [6, 6.07) is 2.74. The Morgan fingerprint density at radius 3 is 3.00 bits per heavy atom. The lowest BCUT2D eigenvalue weighted by Crippen LogP contribution is -2.46. The minimum atomic E-state index is -3.42. The largest absolute Gasteiger partial charge is 0.471 e.